The number of anilines is 3. The first kappa shape index (κ1) is 46.4. The fraction of sp³-hybridized carbons (Fsp3) is 0.435. The predicted octanol–water partition coefficient (Wildman–Crippen LogP) is 6.45. The van der Waals surface area contributed by atoms with Gasteiger partial charge in [0.1, 0.15) is 18.7 Å². The smallest absolute Gasteiger partial charge is 0.255 e. The van der Waals surface area contributed by atoms with Crippen molar-refractivity contribution in [2.75, 3.05) is 36.1 Å². The van der Waals surface area contributed by atoms with Gasteiger partial charge < -0.3 is 41.7 Å². The Morgan fingerprint density at radius 2 is 1.59 bits per heavy atom. The number of amides is 5. The van der Waals surface area contributed by atoms with E-state index in [1.807, 2.05) is 57.5 Å². The Morgan fingerprint density at radius 1 is 0.902 bits per heavy atom. The number of hydrogen-bond donors (Lipinski definition) is 6. The molecule has 0 radical (unpaired) electrons. The number of unbranched alkanes of at least 4 members (excludes halogenated alkanes) is 5. The summed E-state index contributed by atoms with van der Waals surface area (Å²) in [5, 5.41) is 21.9. The van der Waals surface area contributed by atoms with Crippen LogP contribution in [0, 0.1) is 12.3 Å². The molecular weight excluding hydrogens is 795 g/mol. The highest BCUT2D eigenvalue weighted by atomic mass is 32.1. The molecule has 1 saturated heterocycles. The van der Waals surface area contributed by atoms with Crippen LogP contribution in [0.5, 0.6) is 0 Å². The van der Waals surface area contributed by atoms with Gasteiger partial charge in [0.05, 0.1) is 33.6 Å². The number of aliphatic hydroxyl groups is 1. The number of benzene rings is 3. The average molecular weight is 854 g/mol. The number of nitrogen functional groups attached to an aromatic ring is 1. The van der Waals surface area contributed by atoms with Crippen molar-refractivity contribution >= 4 is 57.9 Å². The first-order chi connectivity index (χ1) is 29.2. The number of hydrogen-bond acceptors (Lipinski definition) is 10. The number of carbonyl (C=O) groups excluding carboxylic acids is 5. The van der Waals surface area contributed by atoms with Crippen LogP contribution in [0.15, 0.2) is 78.3 Å². The molecule has 1 aromatic heterocycles. The van der Waals surface area contributed by atoms with Gasteiger partial charge in [-0.2, -0.15) is 0 Å². The lowest BCUT2D eigenvalue weighted by Gasteiger charge is -2.35. The molecular formula is C46H59N7O7S. The zero-order chi connectivity index (χ0) is 43.9. The Balaban J connectivity index is 0.945. The number of rotatable bonds is 20. The molecule has 2 heterocycles. The van der Waals surface area contributed by atoms with Crippen molar-refractivity contribution in [1.29, 1.82) is 0 Å². The van der Waals surface area contributed by atoms with Gasteiger partial charge in [0, 0.05) is 43.8 Å². The Morgan fingerprint density at radius 3 is 2.26 bits per heavy atom. The zero-order valence-electron chi connectivity index (χ0n) is 35.5. The van der Waals surface area contributed by atoms with E-state index < -0.39 is 23.6 Å². The molecule has 5 amide bonds. The molecule has 5 rings (SSSR count). The number of para-hydroxylation sites is 2. The molecule has 15 heteroatoms. The molecule has 3 aromatic carbocycles. The SMILES string of the molecule is Cc1ncsc1-c1ccc(CNC(=O)C2CC(O)CN2C(=O)[C@@H](NC(=O)CCCCCCCCOCC(=O)Nc2ccc(C(=O)Nc3ccccc3N)cc2)C(C)(C)C)cc1. The van der Waals surface area contributed by atoms with Crippen LogP contribution in [0.2, 0.25) is 0 Å². The monoisotopic (exact) mass is 853 g/mol. The highest BCUT2D eigenvalue weighted by Crippen LogP contribution is 2.29. The maximum atomic E-state index is 13.9. The molecule has 3 atom stereocenters. The number of β-amino-alcohol motifs (C(OH)–C–C–N with tert-alkyl or cyclic N) is 1. The van der Waals surface area contributed by atoms with Crippen molar-refractivity contribution in [3.05, 3.63) is 95.1 Å². The van der Waals surface area contributed by atoms with Crippen molar-refractivity contribution in [1.82, 2.24) is 20.5 Å². The molecule has 326 valence electrons. The van der Waals surface area contributed by atoms with Crippen LogP contribution in [0.25, 0.3) is 10.4 Å². The van der Waals surface area contributed by atoms with Crippen LogP contribution in [-0.2, 0) is 30.5 Å². The lowest BCUT2D eigenvalue weighted by Crippen LogP contribution is -2.57. The molecule has 0 spiro atoms. The topological polar surface area (TPSA) is 205 Å². The summed E-state index contributed by atoms with van der Waals surface area (Å²) >= 11 is 1.58. The van der Waals surface area contributed by atoms with Gasteiger partial charge in [0.2, 0.25) is 23.6 Å². The van der Waals surface area contributed by atoms with Crippen LogP contribution in [0.3, 0.4) is 0 Å². The van der Waals surface area contributed by atoms with Gasteiger partial charge in [-0.15, -0.1) is 11.3 Å². The Hall–Kier alpha value is -5.64. The normalized spacial score (nSPS) is 15.5. The highest BCUT2D eigenvalue weighted by Gasteiger charge is 2.44. The maximum Gasteiger partial charge on any atom is 0.255 e. The first-order valence-electron chi connectivity index (χ1n) is 20.9. The fourth-order valence-electron chi connectivity index (χ4n) is 7.08. The van der Waals surface area contributed by atoms with Crippen LogP contribution >= 0.6 is 11.3 Å². The average Bonchev–Trinajstić information content (AvgIpc) is 3.85. The number of ether oxygens (including phenoxy) is 1. The van der Waals surface area contributed by atoms with E-state index in [0.29, 0.717) is 35.7 Å². The number of likely N-dealkylation sites (tertiary alicyclic amines) is 1. The van der Waals surface area contributed by atoms with Gasteiger partial charge in [0.25, 0.3) is 5.91 Å². The second-order valence-electron chi connectivity index (χ2n) is 16.5. The third-order valence-electron chi connectivity index (χ3n) is 10.5. The zero-order valence-corrected chi connectivity index (χ0v) is 36.3. The van der Waals surface area contributed by atoms with E-state index in [1.165, 1.54) is 4.90 Å². The molecule has 0 saturated carbocycles. The maximum absolute atomic E-state index is 13.9. The van der Waals surface area contributed by atoms with E-state index in [0.717, 1.165) is 53.8 Å². The van der Waals surface area contributed by atoms with Crippen LogP contribution < -0.4 is 27.0 Å². The third kappa shape index (κ3) is 13.9. The number of nitrogens with one attached hydrogen (secondary N) is 4. The quantitative estimate of drug-likeness (QED) is 0.0427. The summed E-state index contributed by atoms with van der Waals surface area (Å²) in [7, 11) is 0. The van der Waals surface area contributed by atoms with E-state index in [2.05, 4.69) is 26.3 Å². The van der Waals surface area contributed by atoms with Crippen LogP contribution in [0.1, 0.15) is 93.8 Å². The summed E-state index contributed by atoms with van der Waals surface area (Å²) < 4.78 is 5.55. The lowest BCUT2D eigenvalue weighted by molar-refractivity contribution is -0.144. The van der Waals surface area contributed by atoms with Crippen LogP contribution in [-0.4, -0.2) is 82.5 Å². The molecule has 1 aliphatic rings. The first-order valence-corrected chi connectivity index (χ1v) is 21.8. The van der Waals surface area contributed by atoms with Crippen molar-refractivity contribution in [3.8, 4) is 10.4 Å². The van der Waals surface area contributed by atoms with Gasteiger partial charge in [-0.05, 0) is 72.7 Å². The molecule has 4 aromatic rings. The number of nitrogens with two attached hydrogens (primary N) is 1. The summed E-state index contributed by atoms with van der Waals surface area (Å²) in [6.07, 6.45) is 4.66. The predicted molar refractivity (Wildman–Crippen MR) is 239 cm³/mol. The number of aryl methyl sites for hydroxylation is 1. The minimum Gasteiger partial charge on any atom is -0.397 e. The van der Waals surface area contributed by atoms with E-state index >= 15 is 0 Å². The van der Waals surface area contributed by atoms with Gasteiger partial charge in [-0.25, -0.2) is 4.98 Å². The van der Waals surface area contributed by atoms with Crippen LogP contribution in [0.4, 0.5) is 17.1 Å². The molecule has 7 N–H and O–H groups in total. The summed E-state index contributed by atoms with van der Waals surface area (Å²) in [6.45, 7) is 8.24. The Bertz CT molecular complexity index is 2100. The van der Waals surface area contributed by atoms with Crippen molar-refractivity contribution in [2.45, 2.75) is 104 Å². The number of nitrogens with zero attached hydrogens (tertiary/aromatic N) is 2. The molecule has 1 aliphatic heterocycles. The summed E-state index contributed by atoms with van der Waals surface area (Å²) in [5.74, 6) is -1.55. The van der Waals surface area contributed by atoms with E-state index in [4.69, 9.17) is 10.5 Å². The number of carbonyl (C=O) groups is 5. The molecule has 0 bridgehead atoms. The van der Waals surface area contributed by atoms with Crippen molar-refractivity contribution in [3.63, 3.8) is 0 Å². The Kier molecular flexibility index (Phi) is 17.0. The van der Waals surface area contributed by atoms with E-state index in [1.54, 1.807) is 59.9 Å². The fourth-order valence-corrected chi connectivity index (χ4v) is 7.89. The third-order valence-corrected chi connectivity index (χ3v) is 11.5. The second kappa shape index (κ2) is 22.3. The largest absolute Gasteiger partial charge is 0.397 e. The highest BCUT2D eigenvalue weighted by molar-refractivity contribution is 7.13. The standard InChI is InChI=1S/C46H59N7O7S/c1-30-41(61-29-49-30)32-18-16-31(17-19-32)26-48-44(58)38-25-35(54)27-53(38)45(59)42(46(2,3)4)52-39(55)15-9-7-5-6-8-12-24-60-28-40(56)50-34-22-20-33(21-23-34)43(57)51-37-14-11-10-13-36(37)47/h10-11,13-14,16-23,29,35,38,42,54H,5-9,12,15,24-28,47H2,1-4H3,(H,48,58)(H,50,56)(H,51,57)(H,52,55)/t35?,38?,42-/m1/s1. The number of aliphatic hydroxyl groups excluding tert-OH is 1. The molecule has 14 nitrogen and oxygen atoms in total. The number of aromatic nitrogens is 1. The Labute approximate surface area is 362 Å². The minimum atomic E-state index is -0.870. The van der Waals surface area contributed by atoms with Gasteiger partial charge >= 0.3 is 0 Å². The lowest BCUT2D eigenvalue weighted by atomic mass is 9.85. The van der Waals surface area contributed by atoms with Crippen molar-refractivity contribution < 1.29 is 33.8 Å². The molecule has 61 heavy (non-hydrogen) atoms. The van der Waals surface area contributed by atoms with Gasteiger partial charge in [-0.1, -0.05) is 82.9 Å². The molecule has 2 unspecified atom stereocenters. The van der Waals surface area contributed by atoms with Gasteiger partial charge in [-0.3, -0.25) is 24.0 Å². The molecule has 0 aliphatic carbocycles. The number of thiazole rings is 1. The minimum absolute atomic E-state index is 0.0183. The van der Waals surface area contributed by atoms with E-state index in [-0.39, 0.29) is 62.1 Å². The van der Waals surface area contributed by atoms with E-state index in [9.17, 15) is 29.1 Å². The summed E-state index contributed by atoms with van der Waals surface area (Å²) in [5.41, 5.74) is 12.0. The van der Waals surface area contributed by atoms with Crippen molar-refractivity contribution in [2.24, 2.45) is 5.41 Å². The van der Waals surface area contributed by atoms with Gasteiger partial charge in [0.15, 0.2) is 0 Å². The summed E-state index contributed by atoms with van der Waals surface area (Å²) in [4.78, 5) is 72.1. The molecule has 1 fully saturated rings. The second-order valence-corrected chi connectivity index (χ2v) is 17.4. The summed E-state index contributed by atoms with van der Waals surface area (Å²) in [6, 6.07) is 19.7.